The molecule has 24 heavy (non-hydrogen) atoms. The highest BCUT2D eigenvalue weighted by atomic mass is 19.2. The molecule has 5 nitrogen and oxygen atoms in total. The van der Waals surface area contributed by atoms with Crippen molar-refractivity contribution in [3.05, 3.63) is 35.4 Å². The summed E-state index contributed by atoms with van der Waals surface area (Å²) in [7, 11) is 0. The van der Waals surface area contributed by atoms with Crippen LogP contribution in [0, 0.1) is 23.0 Å². The second-order valence-electron chi connectivity index (χ2n) is 6.63. The molecule has 130 valence electrons. The Morgan fingerprint density at radius 2 is 2.17 bits per heavy atom. The first-order valence-corrected chi connectivity index (χ1v) is 8.13. The van der Waals surface area contributed by atoms with Crippen LogP contribution in [0.4, 0.5) is 13.6 Å². The first kappa shape index (κ1) is 16.7. The van der Waals surface area contributed by atoms with Gasteiger partial charge in [-0.05, 0) is 36.8 Å². The van der Waals surface area contributed by atoms with Gasteiger partial charge in [-0.1, -0.05) is 18.6 Å². The summed E-state index contributed by atoms with van der Waals surface area (Å²) in [4.78, 5) is 25.4. The second-order valence-corrected chi connectivity index (χ2v) is 6.63. The minimum Gasteiger partial charge on any atom is -0.481 e. The van der Waals surface area contributed by atoms with Gasteiger partial charge in [-0.3, -0.25) is 4.79 Å². The van der Waals surface area contributed by atoms with Crippen molar-refractivity contribution in [1.29, 1.82) is 0 Å². The van der Waals surface area contributed by atoms with E-state index in [4.69, 9.17) is 0 Å². The normalized spacial score (nSPS) is 25.6. The zero-order valence-corrected chi connectivity index (χ0v) is 13.2. The van der Waals surface area contributed by atoms with Gasteiger partial charge in [0, 0.05) is 19.6 Å². The average molecular weight is 338 g/mol. The molecule has 1 aliphatic carbocycles. The van der Waals surface area contributed by atoms with Crippen molar-refractivity contribution in [3.63, 3.8) is 0 Å². The summed E-state index contributed by atoms with van der Waals surface area (Å²) in [5.41, 5.74) is -0.609. The SMILES string of the molecule is O=C(NCCc1cccc(F)c1F)N1C[C@@H]2CCC[C@@]2(C(=O)O)C1. The third-order valence-corrected chi connectivity index (χ3v) is 5.29. The summed E-state index contributed by atoms with van der Waals surface area (Å²) >= 11 is 0. The van der Waals surface area contributed by atoms with Crippen LogP contribution in [-0.4, -0.2) is 41.6 Å². The number of urea groups is 1. The fraction of sp³-hybridized carbons (Fsp3) is 0.529. The van der Waals surface area contributed by atoms with Crippen LogP contribution in [0.5, 0.6) is 0 Å². The number of nitrogens with one attached hydrogen (secondary N) is 1. The molecule has 1 saturated heterocycles. The molecular formula is C17H20F2N2O3. The Balaban J connectivity index is 1.55. The highest BCUT2D eigenvalue weighted by Gasteiger charge is 2.55. The summed E-state index contributed by atoms with van der Waals surface area (Å²) in [5, 5.41) is 12.2. The van der Waals surface area contributed by atoms with E-state index in [1.165, 1.54) is 17.0 Å². The number of rotatable bonds is 4. The van der Waals surface area contributed by atoms with Crippen LogP contribution in [0.25, 0.3) is 0 Å². The van der Waals surface area contributed by atoms with Crippen LogP contribution >= 0.6 is 0 Å². The van der Waals surface area contributed by atoms with Gasteiger partial charge in [-0.2, -0.15) is 0 Å². The third kappa shape index (κ3) is 2.83. The predicted molar refractivity (Wildman–Crippen MR) is 82.4 cm³/mol. The number of carbonyl (C=O) groups excluding carboxylic acids is 1. The Morgan fingerprint density at radius 3 is 2.88 bits per heavy atom. The summed E-state index contributed by atoms with van der Waals surface area (Å²) in [6.07, 6.45) is 2.48. The van der Waals surface area contributed by atoms with E-state index in [1.807, 2.05) is 0 Å². The molecule has 1 aromatic carbocycles. The van der Waals surface area contributed by atoms with Crippen molar-refractivity contribution in [3.8, 4) is 0 Å². The molecular weight excluding hydrogens is 318 g/mol. The summed E-state index contributed by atoms with van der Waals surface area (Å²) in [6.45, 7) is 0.820. The number of carbonyl (C=O) groups is 2. The van der Waals surface area contributed by atoms with E-state index in [1.54, 1.807) is 0 Å². The van der Waals surface area contributed by atoms with Gasteiger partial charge < -0.3 is 15.3 Å². The molecule has 2 N–H and O–H groups in total. The topological polar surface area (TPSA) is 69.6 Å². The van der Waals surface area contributed by atoms with Gasteiger partial charge in [-0.25, -0.2) is 13.6 Å². The van der Waals surface area contributed by atoms with E-state index < -0.39 is 23.0 Å². The number of amides is 2. The Labute approximate surface area is 138 Å². The van der Waals surface area contributed by atoms with Crippen molar-refractivity contribution >= 4 is 12.0 Å². The molecule has 2 fully saturated rings. The molecule has 0 bridgehead atoms. The number of halogens is 2. The van der Waals surface area contributed by atoms with Crippen LogP contribution in [0.15, 0.2) is 18.2 Å². The number of nitrogens with zero attached hydrogens (tertiary/aromatic N) is 1. The molecule has 1 heterocycles. The Bertz CT molecular complexity index is 667. The third-order valence-electron chi connectivity index (χ3n) is 5.29. The highest BCUT2D eigenvalue weighted by molar-refractivity contribution is 5.80. The Hall–Kier alpha value is -2.18. The number of fused-ring (bicyclic) bond motifs is 1. The standard InChI is InChI=1S/C17H20F2N2O3/c18-13-5-1-3-11(14(13)19)6-8-20-16(24)21-9-12-4-2-7-17(12,10-21)15(22)23/h1,3,5,12H,2,4,6-10H2,(H,20,24)(H,22,23)/t12-,17+/m0/s1. The maximum Gasteiger partial charge on any atom is 0.317 e. The summed E-state index contributed by atoms with van der Waals surface area (Å²) in [6, 6.07) is 3.60. The minimum absolute atomic E-state index is 0.00131. The lowest BCUT2D eigenvalue weighted by Crippen LogP contribution is -2.42. The minimum atomic E-state index is -0.908. The van der Waals surface area contributed by atoms with E-state index in [0.29, 0.717) is 13.0 Å². The summed E-state index contributed by atoms with van der Waals surface area (Å²) in [5.74, 6) is -2.63. The van der Waals surface area contributed by atoms with Crippen LogP contribution in [0.1, 0.15) is 24.8 Å². The largest absolute Gasteiger partial charge is 0.481 e. The van der Waals surface area contributed by atoms with Crippen molar-refractivity contribution in [2.45, 2.75) is 25.7 Å². The van der Waals surface area contributed by atoms with Crippen molar-refractivity contribution in [2.24, 2.45) is 11.3 Å². The lowest BCUT2D eigenvalue weighted by Gasteiger charge is -2.23. The molecule has 1 saturated carbocycles. The fourth-order valence-corrected chi connectivity index (χ4v) is 3.95. The Kier molecular flexibility index (Phi) is 4.43. The van der Waals surface area contributed by atoms with Crippen LogP contribution in [0.2, 0.25) is 0 Å². The lowest BCUT2D eigenvalue weighted by atomic mass is 9.81. The number of hydrogen-bond donors (Lipinski definition) is 2. The van der Waals surface area contributed by atoms with Gasteiger partial charge in [0.1, 0.15) is 0 Å². The van der Waals surface area contributed by atoms with Gasteiger partial charge in [0.25, 0.3) is 0 Å². The number of aliphatic carboxylic acids is 1. The quantitative estimate of drug-likeness (QED) is 0.886. The molecule has 0 aromatic heterocycles. The van der Waals surface area contributed by atoms with Gasteiger partial charge in [0.15, 0.2) is 11.6 Å². The van der Waals surface area contributed by atoms with Gasteiger partial charge in [-0.15, -0.1) is 0 Å². The van der Waals surface area contributed by atoms with Crippen LogP contribution in [-0.2, 0) is 11.2 Å². The maximum absolute atomic E-state index is 13.6. The van der Waals surface area contributed by atoms with Crippen molar-refractivity contribution in [2.75, 3.05) is 19.6 Å². The molecule has 0 spiro atoms. The number of carboxylic acids is 1. The molecule has 0 unspecified atom stereocenters. The molecule has 0 radical (unpaired) electrons. The molecule has 7 heteroatoms. The average Bonchev–Trinajstić information content (AvgIpc) is 3.09. The summed E-state index contributed by atoms with van der Waals surface area (Å²) < 4.78 is 26.7. The highest BCUT2D eigenvalue weighted by Crippen LogP contribution is 2.48. The zero-order valence-electron chi connectivity index (χ0n) is 13.2. The first-order chi connectivity index (χ1) is 11.4. The van der Waals surface area contributed by atoms with Crippen molar-refractivity contribution in [1.82, 2.24) is 10.2 Å². The Morgan fingerprint density at radius 1 is 1.38 bits per heavy atom. The van der Waals surface area contributed by atoms with Gasteiger partial charge in [0.05, 0.1) is 5.41 Å². The second kappa shape index (κ2) is 6.37. The maximum atomic E-state index is 13.6. The van der Waals surface area contributed by atoms with E-state index in [9.17, 15) is 23.5 Å². The lowest BCUT2D eigenvalue weighted by molar-refractivity contribution is -0.149. The molecule has 2 atom stereocenters. The first-order valence-electron chi connectivity index (χ1n) is 8.13. The molecule has 1 aliphatic heterocycles. The number of benzene rings is 1. The van der Waals surface area contributed by atoms with E-state index >= 15 is 0 Å². The smallest absolute Gasteiger partial charge is 0.317 e. The zero-order chi connectivity index (χ0) is 17.3. The van der Waals surface area contributed by atoms with E-state index in [-0.39, 0.29) is 37.0 Å². The van der Waals surface area contributed by atoms with Crippen LogP contribution in [0.3, 0.4) is 0 Å². The fourth-order valence-electron chi connectivity index (χ4n) is 3.95. The predicted octanol–water partition coefficient (Wildman–Crippen LogP) is 2.40. The van der Waals surface area contributed by atoms with E-state index in [0.717, 1.165) is 18.9 Å². The van der Waals surface area contributed by atoms with Gasteiger partial charge in [0.2, 0.25) is 0 Å². The molecule has 2 amide bonds. The van der Waals surface area contributed by atoms with Gasteiger partial charge >= 0.3 is 12.0 Å². The van der Waals surface area contributed by atoms with E-state index in [2.05, 4.69) is 5.32 Å². The number of likely N-dealkylation sites (tertiary alicyclic amines) is 1. The molecule has 1 aromatic rings. The van der Waals surface area contributed by atoms with Crippen molar-refractivity contribution < 1.29 is 23.5 Å². The van der Waals surface area contributed by atoms with Crippen LogP contribution < -0.4 is 5.32 Å². The monoisotopic (exact) mass is 338 g/mol. The number of carboxylic acid groups (broad SMARTS) is 1. The number of hydrogen-bond acceptors (Lipinski definition) is 2. The molecule has 3 rings (SSSR count). The molecule has 2 aliphatic rings.